The topological polar surface area (TPSA) is 72.7 Å². The highest BCUT2D eigenvalue weighted by atomic mass is 16.3. The van der Waals surface area contributed by atoms with Crippen molar-refractivity contribution >= 4 is 0 Å². The van der Waals surface area contributed by atoms with Crippen LogP contribution in [0.15, 0.2) is 12.1 Å². The van der Waals surface area contributed by atoms with Gasteiger partial charge in [-0.1, -0.05) is 0 Å². The second kappa shape index (κ2) is 3.38. The number of hydrogen-bond donors (Lipinski definition) is 4. The first-order valence-corrected chi connectivity index (χ1v) is 4.66. The molecule has 0 unspecified atom stereocenters. The zero-order valence-electron chi connectivity index (χ0n) is 7.70. The molecule has 4 nitrogen and oxygen atoms in total. The Morgan fingerprint density at radius 3 is 2.29 bits per heavy atom. The maximum atomic E-state index is 9.57. The van der Waals surface area contributed by atoms with Gasteiger partial charge in [0.15, 0.2) is 0 Å². The van der Waals surface area contributed by atoms with Gasteiger partial charge in [-0.05, 0) is 19.4 Å². The molecule has 1 aliphatic heterocycles. The van der Waals surface area contributed by atoms with Gasteiger partial charge in [-0.3, -0.25) is 0 Å². The van der Waals surface area contributed by atoms with Crippen LogP contribution in [0.25, 0.3) is 0 Å². The molecular weight excluding hydrogens is 182 g/mol. The third-order valence-electron chi connectivity index (χ3n) is 2.53. The average Bonchev–Trinajstić information content (AvgIpc) is 2.54. The quantitative estimate of drug-likeness (QED) is 0.544. The lowest BCUT2D eigenvalue weighted by atomic mass is 10.0. The first-order valence-electron chi connectivity index (χ1n) is 4.66. The smallest absolute Gasteiger partial charge is 0.127 e. The van der Waals surface area contributed by atoms with Gasteiger partial charge >= 0.3 is 0 Å². The highest BCUT2D eigenvalue weighted by Crippen LogP contribution is 2.39. The van der Waals surface area contributed by atoms with E-state index in [1.54, 1.807) is 0 Å². The van der Waals surface area contributed by atoms with E-state index in [0.29, 0.717) is 5.56 Å². The molecule has 1 aromatic rings. The molecule has 0 saturated carbocycles. The summed E-state index contributed by atoms with van der Waals surface area (Å²) >= 11 is 0. The summed E-state index contributed by atoms with van der Waals surface area (Å²) < 4.78 is 0. The Labute approximate surface area is 81.8 Å². The maximum Gasteiger partial charge on any atom is 0.127 e. The molecule has 4 N–H and O–H groups in total. The molecule has 76 valence electrons. The number of aromatic hydroxyl groups is 3. The van der Waals surface area contributed by atoms with E-state index < -0.39 is 0 Å². The lowest BCUT2D eigenvalue weighted by Crippen LogP contribution is -2.13. The van der Waals surface area contributed by atoms with Crippen LogP contribution in [0.1, 0.15) is 24.4 Å². The van der Waals surface area contributed by atoms with E-state index in [9.17, 15) is 10.2 Å². The van der Waals surface area contributed by atoms with E-state index in [1.807, 2.05) is 0 Å². The molecule has 2 rings (SSSR count). The van der Waals surface area contributed by atoms with Crippen molar-refractivity contribution in [2.75, 3.05) is 6.54 Å². The minimum absolute atomic E-state index is 0.00407. The molecule has 1 aromatic carbocycles. The molecule has 1 fully saturated rings. The fourth-order valence-electron chi connectivity index (χ4n) is 1.90. The lowest BCUT2D eigenvalue weighted by molar-refractivity contribution is 0.408. The highest BCUT2D eigenvalue weighted by Gasteiger charge is 2.23. The third kappa shape index (κ3) is 1.48. The number of benzene rings is 1. The van der Waals surface area contributed by atoms with Gasteiger partial charge in [0.05, 0.1) is 5.56 Å². The van der Waals surface area contributed by atoms with E-state index in [0.717, 1.165) is 19.4 Å². The summed E-state index contributed by atoms with van der Waals surface area (Å²) in [5.41, 5.74) is 0.486. The zero-order chi connectivity index (χ0) is 10.1. The first kappa shape index (κ1) is 9.15. The summed E-state index contributed by atoms with van der Waals surface area (Å²) in [5, 5.41) is 31.4. The van der Waals surface area contributed by atoms with Crippen LogP contribution in [0.5, 0.6) is 17.2 Å². The molecule has 0 spiro atoms. The molecule has 0 amide bonds. The molecule has 1 saturated heterocycles. The van der Waals surface area contributed by atoms with Gasteiger partial charge in [0.25, 0.3) is 0 Å². The van der Waals surface area contributed by atoms with Crippen LogP contribution in [0.2, 0.25) is 0 Å². The second-order valence-electron chi connectivity index (χ2n) is 3.55. The van der Waals surface area contributed by atoms with E-state index >= 15 is 0 Å². The fourth-order valence-corrected chi connectivity index (χ4v) is 1.90. The van der Waals surface area contributed by atoms with Gasteiger partial charge in [-0.25, -0.2) is 0 Å². The van der Waals surface area contributed by atoms with Gasteiger partial charge in [0.2, 0.25) is 0 Å². The van der Waals surface area contributed by atoms with E-state index in [4.69, 9.17) is 5.11 Å². The number of phenols is 3. The van der Waals surface area contributed by atoms with Crippen LogP contribution in [0, 0.1) is 0 Å². The van der Waals surface area contributed by atoms with E-state index in [-0.39, 0.29) is 23.3 Å². The molecule has 0 aromatic heterocycles. The Morgan fingerprint density at radius 1 is 1.14 bits per heavy atom. The van der Waals surface area contributed by atoms with Crippen LogP contribution in [-0.4, -0.2) is 21.9 Å². The molecule has 0 bridgehead atoms. The molecule has 4 heteroatoms. The third-order valence-corrected chi connectivity index (χ3v) is 2.53. The predicted octanol–water partition coefficient (Wildman–Crippen LogP) is 1.23. The minimum Gasteiger partial charge on any atom is -0.508 e. The SMILES string of the molecule is Oc1cc(O)c([C@@H]2CCCN2)c(O)c1. The van der Waals surface area contributed by atoms with Crippen LogP contribution < -0.4 is 5.32 Å². The molecule has 0 radical (unpaired) electrons. The normalized spacial score (nSPS) is 21.3. The van der Waals surface area contributed by atoms with Crippen LogP contribution >= 0.6 is 0 Å². The van der Waals surface area contributed by atoms with Crippen molar-refractivity contribution in [2.24, 2.45) is 0 Å². The first-order chi connectivity index (χ1) is 6.68. The van der Waals surface area contributed by atoms with Gasteiger partial charge in [-0.15, -0.1) is 0 Å². The Balaban J connectivity index is 2.40. The van der Waals surface area contributed by atoms with Crippen molar-refractivity contribution in [3.05, 3.63) is 17.7 Å². The van der Waals surface area contributed by atoms with Gasteiger partial charge in [0, 0.05) is 18.2 Å². The highest BCUT2D eigenvalue weighted by molar-refractivity contribution is 5.50. The lowest BCUT2D eigenvalue weighted by Gasteiger charge is -2.14. The number of nitrogens with one attached hydrogen (secondary N) is 1. The molecule has 14 heavy (non-hydrogen) atoms. The number of phenolic OH excluding ortho intramolecular Hbond substituents is 3. The standard InChI is InChI=1S/C10H13NO3/c12-6-4-8(13)10(9(14)5-6)7-2-1-3-11-7/h4-5,7,11-14H,1-3H2/t7-/m0/s1. The molecular formula is C10H13NO3. The number of rotatable bonds is 1. The van der Waals surface area contributed by atoms with Gasteiger partial charge in [-0.2, -0.15) is 0 Å². The van der Waals surface area contributed by atoms with Crippen LogP contribution in [0.4, 0.5) is 0 Å². The summed E-state index contributed by atoms with van der Waals surface area (Å²) in [7, 11) is 0. The maximum absolute atomic E-state index is 9.57. The predicted molar refractivity (Wildman–Crippen MR) is 51.4 cm³/mol. The number of hydrogen-bond acceptors (Lipinski definition) is 4. The molecule has 1 heterocycles. The van der Waals surface area contributed by atoms with Gasteiger partial charge in [0.1, 0.15) is 17.2 Å². The van der Waals surface area contributed by atoms with Crippen molar-refractivity contribution in [3.8, 4) is 17.2 Å². The van der Waals surface area contributed by atoms with Crippen molar-refractivity contribution in [3.63, 3.8) is 0 Å². The van der Waals surface area contributed by atoms with Gasteiger partial charge < -0.3 is 20.6 Å². The summed E-state index contributed by atoms with van der Waals surface area (Å²) in [6.07, 6.45) is 1.93. The molecule has 1 atom stereocenters. The van der Waals surface area contributed by atoms with E-state index in [1.165, 1.54) is 12.1 Å². The summed E-state index contributed by atoms with van der Waals surface area (Å²) in [6, 6.07) is 2.49. The van der Waals surface area contributed by atoms with E-state index in [2.05, 4.69) is 5.32 Å². The monoisotopic (exact) mass is 195 g/mol. The molecule has 1 aliphatic rings. The van der Waals surface area contributed by atoms with Crippen LogP contribution in [-0.2, 0) is 0 Å². The zero-order valence-corrected chi connectivity index (χ0v) is 7.70. The largest absolute Gasteiger partial charge is 0.508 e. The summed E-state index contributed by atoms with van der Waals surface area (Å²) in [6.45, 7) is 0.893. The average molecular weight is 195 g/mol. The summed E-state index contributed by atoms with van der Waals surface area (Å²) in [5.74, 6) is -0.231. The Bertz CT molecular complexity index is 322. The summed E-state index contributed by atoms with van der Waals surface area (Å²) in [4.78, 5) is 0. The second-order valence-corrected chi connectivity index (χ2v) is 3.55. The van der Waals surface area contributed by atoms with Crippen molar-refractivity contribution < 1.29 is 15.3 Å². The minimum atomic E-state index is -0.123. The fraction of sp³-hybridized carbons (Fsp3) is 0.400. The Kier molecular flexibility index (Phi) is 2.21. The van der Waals surface area contributed by atoms with Crippen molar-refractivity contribution in [2.45, 2.75) is 18.9 Å². The Morgan fingerprint density at radius 2 is 1.79 bits per heavy atom. The van der Waals surface area contributed by atoms with Crippen LogP contribution in [0.3, 0.4) is 0 Å². The van der Waals surface area contributed by atoms with Crippen molar-refractivity contribution in [1.29, 1.82) is 0 Å². The van der Waals surface area contributed by atoms with Crippen molar-refractivity contribution in [1.82, 2.24) is 5.32 Å². The Hall–Kier alpha value is -1.42. The molecule has 0 aliphatic carbocycles.